The summed E-state index contributed by atoms with van der Waals surface area (Å²) in [6.45, 7) is 9.80. The molecule has 3 nitrogen and oxygen atoms in total. The Morgan fingerprint density at radius 1 is 1.21 bits per heavy atom. The van der Waals surface area contributed by atoms with Gasteiger partial charge in [0.1, 0.15) is 5.82 Å². The lowest BCUT2D eigenvalue weighted by Crippen LogP contribution is -2.46. The first-order chi connectivity index (χ1) is 9.33. The Kier molecular flexibility index (Phi) is 5.23. The van der Waals surface area contributed by atoms with Crippen molar-refractivity contribution in [2.45, 2.75) is 26.7 Å². The Morgan fingerprint density at radius 2 is 2.00 bits per heavy atom. The van der Waals surface area contributed by atoms with Crippen molar-refractivity contribution in [3.8, 4) is 11.8 Å². The van der Waals surface area contributed by atoms with Gasteiger partial charge in [-0.25, -0.2) is 4.98 Å². The van der Waals surface area contributed by atoms with Crippen LogP contribution in [0, 0.1) is 11.8 Å². The highest BCUT2D eigenvalue weighted by Gasteiger charge is 2.17. The van der Waals surface area contributed by atoms with E-state index >= 15 is 0 Å². The Hall–Kier alpha value is -1.53. The van der Waals surface area contributed by atoms with E-state index in [9.17, 15) is 0 Å². The number of unbranched alkanes of at least 4 members (excludes halogenated alkanes) is 1. The first-order valence-electron chi connectivity index (χ1n) is 7.19. The molecule has 3 heteroatoms. The van der Waals surface area contributed by atoms with E-state index in [1.165, 1.54) is 19.4 Å². The molecular formula is C16H23N3. The van der Waals surface area contributed by atoms with Crippen LogP contribution in [-0.4, -0.2) is 42.6 Å². The topological polar surface area (TPSA) is 19.4 Å². The Balaban J connectivity index is 1.88. The molecule has 1 aromatic rings. The summed E-state index contributed by atoms with van der Waals surface area (Å²) >= 11 is 0. The minimum atomic E-state index is 0.993. The quantitative estimate of drug-likeness (QED) is 0.772. The first-order valence-corrected chi connectivity index (χ1v) is 7.19. The SMILES string of the molecule is CC#Cc1ccc(N2CCN(CCCC)CC2)nc1. The third-order valence-corrected chi connectivity index (χ3v) is 3.54. The van der Waals surface area contributed by atoms with Gasteiger partial charge in [-0.1, -0.05) is 19.3 Å². The maximum Gasteiger partial charge on any atom is 0.128 e. The summed E-state index contributed by atoms with van der Waals surface area (Å²) in [6.07, 6.45) is 4.46. The molecule has 1 aromatic heterocycles. The number of nitrogens with zero attached hydrogens (tertiary/aromatic N) is 3. The lowest BCUT2D eigenvalue weighted by molar-refractivity contribution is 0.253. The molecule has 102 valence electrons. The zero-order chi connectivity index (χ0) is 13.5. The van der Waals surface area contributed by atoms with Gasteiger partial charge in [-0.3, -0.25) is 4.90 Å². The third kappa shape index (κ3) is 3.97. The number of hydrogen-bond acceptors (Lipinski definition) is 3. The molecular weight excluding hydrogens is 234 g/mol. The first kappa shape index (κ1) is 13.9. The highest BCUT2D eigenvalue weighted by molar-refractivity contribution is 5.43. The summed E-state index contributed by atoms with van der Waals surface area (Å²) in [7, 11) is 0. The van der Waals surface area contributed by atoms with Crippen LogP contribution in [0.1, 0.15) is 32.3 Å². The largest absolute Gasteiger partial charge is 0.354 e. The lowest BCUT2D eigenvalue weighted by atomic mass is 10.2. The molecule has 19 heavy (non-hydrogen) atoms. The van der Waals surface area contributed by atoms with E-state index in [1.54, 1.807) is 0 Å². The fourth-order valence-electron chi connectivity index (χ4n) is 2.37. The minimum Gasteiger partial charge on any atom is -0.354 e. The van der Waals surface area contributed by atoms with E-state index < -0.39 is 0 Å². The van der Waals surface area contributed by atoms with Gasteiger partial charge >= 0.3 is 0 Å². The van der Waals surface area contributed by atoms with E-state index in [1.807, 2.05) is 13.1 Å². The van der Waals surface area contributed by atoms with Gasteiger partial charge in [0, 0.05) is 37.9 Å². The predicted molar refractivity (Wildman–Crippen MR) is 80.4 cm³/mol. The average molecular weight is 257 g/mol. The summed E-state index contributed by atoms with van der Waals surface area (Å²) in [6, 6.07) is 4.14. The molecule has 2 rings (SSSR count). The van der Waals surface area contributed by atoms with E-state index in [2.05, 4.69) is 45.7 Å². The molecule has 1 aliphatic rings. The van der Waals surface area contributed by atoms with Crippen molar-refractivity contribution in [2.24, 2.45) is 0 Å². The second-order valence-electron chi connectivity index (χ2n) is 4.96. The van der Waals surface area contributed by atoms with E-state index in [0.717, 1.165) is 37.6 Å². The van der Waals surface area contributed by atoms with Gasteiger partial charge in [-0.2, -0.15) is 0 Å². The van der Waals surface area contributed by atoms with Crippen LogP contribution in [0.4, 0.5) is 5.82 Å². The van der Waals surface area contributed by atoms with Crippen molar-refractivity contribution in [3.05, 3.63) is 23.9 Å². The highest BCUT2D eigenvalue weighted by Crippen LogP contribution is 2.14. The molecule has 0 amide bonds. The smallest absolute Gasteiger partial charge is 0.128 e. The van der Waals surface area contributed by atoms with Crippen molar-refractivity contribution in [1.82, 2.24) is 9.88 Å². The van der Waals surface area contributed by atoms with Gasteiger partial charge in [0.2, 0.25) is 0 Å². The molecule has 1 saturated heterocycles. The van der Waals surface area contributed by atoms with Crippen molar-refractivity contribution < 1.29 is 0 Å². The number of pyridine rings is 1. The molecule has 1 aliphatic heterocycles. The van der Waals surface area contributed by atoms with Crippen LogP contribution in [0.15, 0.2) is 18.3 Å². The molecule has 2 heterocycles. The molecule has 0 radical (unpaired) electrons. The molecule has 0 saturated carbocycles. The molecule has 0 atom stereocenters. The van der Waals surface area contributed by atoms with Crippen LogP contribution in [0.3, 0.4) is 0 Å². The Morgan fingerprint density at radius 3 is 2.58 bits per heavy atom. The summed E-state index contributed by atoms with van der Waals surface area (Å²) in [5, 5.41) is 0. The monoisotopic (exact) mass is 257 g/mol. The summed E-state index contributed by atoms with van der Waals surface area (Å²) in [4.78, 5) is 9.43. The zero-order valence-corrected chi connectivity index (χ0v) is 12.0. The van der Waals surface area contributed by atoms with Gasteiger partial charge in [0.25, 0.3) is 0 Å². The third-order valence-electron chi connectivity index (χ3n) is 3.54. The number of anilines is 1. The maximum atomic E-state index is 4.51. The molecule has 0 bridgehead atoms. The molecule has 0 aliphatic carbocycles. The zero-order valence-electron chi connectivity index (χ0n) is 12.0. The van der Waals surface area contributed by atoms with Gasteiger partial charge in [0.15, 0.2) is 0 Å². The number of piperazine rings is 1. The van der Waals surface area contributed by atoms with Crippen LogP contribution in [-0.2, 0) is 0 Å². The van der Waals surface area contributed by atoms with Gasteiger partial charge in [-0.05, 0) is 32.0 Å². The Labute approximate surface area is 116 Å². The summed E-state index contributed by atoms with van der Waals surface area (Å²) in [5.74, 6) is 7.01. The fraction of sp³-hybridized carbons (Fsp3) is 0.562. The van der Waals surface area contributed by atoms with Crippen LogP contribution >= 0.6 is 0 Å². The van der Waals surface area contributed by atoms with Crippen molar-refractivity contribution in [2.75, 3.05) is 37.6 Å². The highest BCUT2D eigenvalue weighted by atomic mass is 15.3. The molecule has 0 aromatic carbocycles. The summed E-state index contributed by atoms with van der Waals surface area (Å²) in [5.41, 5.74) is 0.993. The van der Waals surface area contributed by atoms with Crippen molar-refractivity contribution in [3.63, 3.8) is 0 Å². The van der Waals surface area contributed by atoms with E-state index in [0.29, 0.717) is 0 Å². The number of hydrogen-bond donors (Lipinski definition) is 0. The Bertz CT molecular complexity index is 433. The number of rotatable bonds is 4. The van der Waals surface area contributed by atoms with E-state index in [-0.39, 0.29) is 0 Å². The van der Waals surface area contributed by atoms with Crippen LogP contribution in [0.2, 0.25) is 0 Å². The average Bonchev–Trinajstić information content (AvgIpc) is 2.47. The normalized spacial score (nSPS) is 16.0. The van der Waals surface area contributed by atoms with Crippen LogP contribution < -0.4 is 4.90 Å². The van der Waals surface area contributed by atoms with E-state index in [4.69, 9.17) is 0 Å². The fourth-order valence-corrected chi connectivity index (χ4v) is 2.37. The number of aromatic nitrogens is 1. The molecule has 0 N–H and O–H groups in total. The molecule has 0 spiro atoms. The second-order valence-corrected chi connectivity index (χ2v) is 4.96. The standard InChI is InChI=1S/C16H23N3/c1-3-5-9-18-10-12-19(13-11-18)16-8-7-15(6-4-2)14-17-16/h7-8,14H,3,5,9-13H2,1-2H3. The van der Waals surface area contributed by atoms with Gasteiger partial charge < -0.3 is 4.90 Å². The van der Waals surface area contributed by atoms with Crippen LogP contribution in [0.5, 0.6) is 0 Å². The predicted octanol–water partition coefficient (Wildman–Crippen LogP) is 2.38. The van der Waals surface area contributed by atoms with Gasteiger partial charge in [-0.15, -0.1) is 5.92 Å². The van der Waals surface area contributed by atoms with Crippen molar-refractivity contribution in [1.29, 1.82) is 0 Å². The lowest BCUT2D eigenvalue weighted by Gasteiger charge is -2.35. The van der Waals surface area contributed by atoms with Crippen LogP contribution in [0.25, 0.3) is 0 Å². The second kappa shape index (κ2) is 7.16. The van der Waals surface area contributed by atoms with Gasteiger partial charge in [0.05, 0.1) is 0 Å². The van der Waals surface area contributed by atoms with Crippen molar-refractivity contribution >= 4 is 5.82 Å². The maximum absolute atomic E-state index is 4.51. The molecule has 1 fully saturated rings. The summed E-state index contributed by atoms with van der Waals surface area (Å²) < 4.78 is 0. The minimum absolute atomic E-state index is 0.993. The molecule has 0 unspecified atom stereocenters.